The van der Waals surface area contributed by atoms with Gasteiger partial charge in [0.2, 0.25) is 11.8 Å². The normalized spacial score (nSPS) is 17.7. The Labute approximate surface area is 136 Å². The molecule has 0 saturated carbocycles. The quantitative estimate of drug-likeness (QED) is 0.832. The van der Waals surface area contributed by atoms with Gasteiger partial charge in [-0.05, 0) is 24.1 Å². The van der Waals surface area contributed by atoms with Gasteiger partial charge < -0.3 is 5.32 Å². The average molecular weight is 308 g/mol. The fourth-order valence-electron chi connectivity index (χ4n) is 2.81. The number of amides is 2. The highest BCUT2D eigenvalue weighted by Crippen LogP contribution is 2.16. The number of likely N-dealkylation sites (tertiary alicyclic amines) is 1. The molecule has 2 aromatic rings. The van der Waals surface area contributed by atoms with E-state index in [9.17, 15) is 9.59 Å². The molecule has 0 aliphatic carbocycles. The molecule has 1 aliphatic rings. The Balaban J connectivity index is 1.54. The van der Waals surface area contributed by atoms with Crippen molar-refractivity contribution in [2.75, 3.05) is 6.54 Å². The van der Waals surface area contributed by atoms with Gasteiger partial charge in [0.1, 0.15) is 0 Å². The second-order valence-electron chi connectivity index (χ2n) is 5.75. The van der Waals surface area contributed by atoms with Crippen LogP contribution in [0.5, 0.6) is 0 Å². The standard InChI is InChI=1S/C19H20N2O2/c22-18-13-17(20-12-11-15-7-3-1-4-8-15)19(23)21(18)14-16-9-5-2-6-10-16/h1-10,17,20H,11-14H2. The van der Waals surface area contributed by atoms with Crippen LogP contribution in [0.2, 0.25) is 0 Å². The van der Waals surface area contributed by atoms with Gasteiger partial charge in [0.15, 0.2) is 0 Å². The summed E-state index contributed by atoms with van der Waals surface area (Å²) in [7, 11) is 0. The van der Waals surface area contributed by atoms with Crippen molar-refractivity contribution in [2.24, 2.45) is 0 Å². The van der Waals surface area contributed by atoms with E-state index < -0.39 is 6.04 Å². The number of carbonyl (C=O) groups excluding carboxylic acids is 2. The van der Waals surface area contributed by atoms with Crippen LogP contribution in [-0.2, 0) is 22.6 Å². The molecule has 1 atom stereocenters. The molecule has 0 bridgehead atoms. The molecule has 4 nitrogen and oxygen atoms in total. The molecule has 2 aromatic carbocycles. The fourth-order valence-corrected chi connectivity index (χ4v) is 2.81. The minimum atomic E-state index is -0.394. The van der Waals surface area contributed by atoms with Crippen molar-refractivity contribution in [3.8, 4) is 0 Å². The SMILES string of the molecule is O=C1CC(NCCc2ccccc2)C(=O)N1Cc1ccccc1. The molecular weight excluding hydrogens is 288 g/mol. The lowest BCUT2D eigenvalue weighted by Gasteiger charge is -2.15. The largest absolute Gasteiger partial charge is 0.305 e. The monoisotopic (exact) mass is 308 g/mol. The zero-order chi connectivity index (χ0) is 16.1. The Morgan fingerprint density at radius 1 is 0.913 bits per heavy atom. The minimum absolute atomic E-state index is 0.101. The van der Waals surface area contributed by atoms with Crippen molar-refractivity contribution in [3.05, 3.63) is 71.8 Å². The van der Waals surface area contributed by atoms with Crippen molar-refractivity contribution in [3.63, 3.8) is 0 Å². The zero-order valence-corrected chi connectivity index (χ0v) is 12.9. The molecule has 2 amide bonds. The molecule has 1 N–H and O–H groups in total. The Kier molecular flexibility index (Phi) is 4.83. The molecule has 4 heteroatoms. The van der Waals surface area contributed by atoms with Crippen LogP contribution in [0.15, 0.2) is 60.7 Å². The van der Waals surface area contributed by atoms with E-state index in [-0.39, 0.29) is 18.2 Å². The van der Waals surface area contributed by atoms with Crippen LogP contribution in [0.4, 0.5) is 0 Å². The van der Waals surface area contributed by atoms with E-state index in [0.717, 1.165) is 12.0 Å². The van der Waals surface area contributed by atoms with Crippen molar-refractivity contribution >= 4 is 11.8 Å². The molecule has 0 spiro atoms. The summed E-state index contributed by atoms with van der Waals surface area (Å²) in [5.41, 5.74) is 2.19. The number of hydrogen-bond acceptors (Lipinski definition) is 3. The van der Waals surface area contributed by atoms with Crippen molar-refractivity contribution in [1.82, 2.24) is 10.2 Å². The Hall–Kier alpha value is -2.46. The summed E-state index contributed by atoms with van der Waals surface area (Å²) in [6.45, 7) is 1.04. The molecule has 1 saturated heterocycles. The third kappa shape index (κ3) is 3.85. The second kappa shape index (κ2) is 7.20. The highest BCUT2D eigenvalue weighted by molar-refractivity contribution is 6.05. The highest BCUT2D eigenvalue weighted by Gasteiger charge is 2.37. The first-order valence-electron chi connectivity index (χ1n) is 7.89. The van der Waals surface area contributed by atoms with E-state index in [1.807, 2.05) is 48.5 Å². The summed E-state index contributed by atoms with van der Waals surface area (Å²) in [5, 5.41) is 3.21. The van der Waals surface area contributed by atoms with Gasteiger partial charge in [-0.3, -0.25) is 14.5 Å². The first-order chi connectivity index (χ1) is 11.2. The third-order valence-electron chi connectivity index (χ3n) is 4.07. The number of nitrogens with one attached hydrogen (secondary N) is 1. The lowest BCUT2D eigenvalue weighted by Crippen LogP contribution is -2.39. The molecule has 0 aromatic heterocycles. The number of carbonyl (C=O) groups is 2. The molecule has 1 unspecified atom stereocenters. The van der Waals surface area contributed by atoms with Crippen LogP contribution < -0.4 is 5.32 Å². The predicted molar refractivity (Wildman–Crippen MR) is 88.6 cm³/mol. The van der Waals surface area contributed by atoms with Crippen LogP contribution in [0.1, 0.15) is 17.5 Å². The highest BCUT2D eigenvalue weighted by atomic mass is 16.2. The van der Waals surface area contributed by atoms with Gasteiger partial charge in [0, 0.05) is 0 Å². The average Bonchev–Trinajstić information content (AvgIpc) is 2.85. The summed E-state index contributed by atoms with van der Waals surface area (Å²) in [5.74, 6) is -0.219. The van der Waals surface area contributed by atoms with Gasteiger partial charge in [0.25, 0.3) is 0 Å². The third-order valence-corrected chi connectivity index (χ3v) is 4.07. The number of rotatable bonds is 6. The van der Waals surface area contributed by atoms with Crippen molar-refractivity contribution in [2.45, 2.75) is 25.4 Å². The van der Waals surface area contributed by atoms with Crippen molar-refractivity contribution < 1.29 is 9.59 Å². The predicted octanol–water partition coefficient (Wildman–Crippen LogP) is 2.15. The lowest BCUT2D eigenvalue weighted by molar-refractivity contribution is -0.139. The molecule has 3 rings (SSSR count). The molecule has 1 fully saturated rings. The van der Waals surface area contributed by atoms with Crippen LogP contribution in [0.3, 0.4) is 0 Å². The van der Waals surface area contributed by atoms with E-state index in [1.54, 1.807) is 0 Å². The lowest BCUT2D eigenvalue weighted by atomic mass is 10.1. The maximum atomic E-state index is 12.4. The number of imide groups is 1. The van der Waals surface area contributed by atoms with Gasteiger partial charge in [-0.25, -0.2) is 0 Å². The first-order valence-corrected chi connectivity index (χ1v) is 7.89. The van der Waals surface area contributed by atoms with Gasteiger partial charge in [-0.2, -0.15) is 0 Å². The van der Waals surface area contributed by atoms with Crippen LogP contribution in [0, 0.1) is 0 Å². The van der Waals surface area contributed by atoms with Gasteiger partial charge in [0.05, 0.1) is 19.0 Å². The van der Waals surface area contributed by atoms with Crippen LogP contribution in [0.25, 0.3) is 0 Å². The summed E-state index contributed by atoms with van der Waals surface area (Å²) < 4.78 is 0. The smallest absolute Gasteiger partial charge is 0.247 e. The maximum absolute atomic E-state index is 12.4. The second-order valence-corrected chi connectivity index (χ2v) is 5.75. The molecule has 0 radical (unpaired) electrons. The summed E-state index contributed by atoms with van der Waals surface area (Å²) in [6.07, 6.45) is 1.10. The topological polar surface area (TPSA) is 49.4 Å². The van der Waals surface area contributed by atoms with Gasteiger partial charge >= 0.3 is 0 Å². The summed E-state index contributed by atoms with van der Waals surface area (Å²) in [4.78, 5) is 25.9. The van der Waals surface area contributed by atoms with E-state index in [4.69, 9.17) is 0 Å². The van der Waals surface area contributed by atoms with Gasteiger partial charge in [-0.1, -0.05) is 60.7 Å². The summed E-state index contributed by atoms with van der Waals surface area (Å²) >= 11 is 0. The number of benzene rings is 2. The fraction of sp³-hybridized carbons (Fsp3) is 0.263. The van der Waals surface area contributed by atoms with E-state index in [2.05, 4.69) is 17.4 Å². The molecule has 118 valence electrons. The summed E-state index contributed by atoms with van der Waals surface area (Å²) in [6, 6.07) is 19.3. The maximum Gasteiger partial charge on any atom is 0.247 e. The van der Waals surface area contributed by atoms with Gasteiger partial charge in [-0.15, -0.1) is 0 Å². The molecular formula is C19H20N2O2. The van der Waals surface area contributed by atoms with E-state index >= 15 is 0 Å². The van der Waals surface area contributed by atoms with E-state index in [1.165, 1.54) is 10.5 Å². The molecule has 1 aliphatic heterocycles. The van der Waals surface area contributed by atoms with Crippen LogP contribution >= 0.6 is 0 Å². The number of nitrogens with zero attached hydrogens (tertiary/aromatic N) is 1. The van der Waals surface area contributed by atoms with Crippen molar-refractivity contribution in [1.29, 1.82) is 0 Å². The Morgan fingerprint density at radius 2 is 1.52 bits per heavy atom. The zero-order valence-electron chi connectivity index (χ0n) is 12.9. The first kappa shape index (κ1) is 15.4. The Bertz CT molecular complexity index is 670. The number of hydrogen-bond donors (Lipinski definition) is 1. The van der Waals surface area contributed by atoms with Crippen LogP contribution in [-0.4, -0.2) is 29.3 Å². The molecule has 1 heterocycles. The van der Waals surface area contributed by atoms with E-state index in [0.29, 0.717) is 13.1 Å². The minimum Gasteiger partial charge on any atom is -0.305 e. The molecule has 23 heavy (non-hydrogen) atoms. The Morgan fingerprint density at radius 3 is 2.17 bits per heavy atom.